The molecule has 0 spiro atoms. The second kappa shape index (κ2) is 7.30. The number of benzene rings is 1. The number of ether oxygens (including phenoxy) is 2. The fraction of sp³-hybridized carbons (Fsp3) is 0.571. The maximum absolute atomic E-state index is 5.59. The first-order valence-corrected chi connectivity index (χ1v) is 6.09. The first-order valence-electron chi connectivity index (χ1n) is 6.09. The van der Waals surface area contributed by atoms with E-state index in [4.69, 9.17) is 9.47 Å². The molecule has 0 heterocycles. The van der Waals surface area contributed by atoms with Crippen LogP contribution in [-0.2, 0) is 11.3 Å². The van der Waals surface area contributed by atoms with Crippen LogP contribution in [0.3, 0.4) is 0 Å². The highest BCUT2D eigenvalue weighted by atomic mass is 16.5. The van der Waals surface area contributed by atoms with E-state index in [0.717, 1.165) is 18.9 Å². The molecule has 1 aromatic carbocycles. The van der Waals surface area contributed by atoms with Crippen molar-refractivity contribution in [3.8, 4) is 5.75 Å². The third kappa shape index (κ3) is 5.71. The highest BCUT2D eigenvalue weighted by molar-refractivity contribution is 5.27. The van der Waals surface area contributed by atoms with E-state index in [1.807, 2.05) is 26.0 Å². The summed E-state index contributed by atoms with van der Waals surface area (Å²) in [6.07, 6.45) is 0.223. The van der Waals surface area contributed by atoms with Gasteiger partial charge in [-0.15, -0.1) is 0 Å². The van der Waals surface area contributed by atoms with Crippen molar-refractivity contribution in [1.29, 1.82) is 0 Å². The van der Waals surface area contributed by atoms with Crippen molar-refractivity contribution in [1.82, 2.24) is 5.32 Å². The van der Waals surface area contributed by atoms with E-state index in [0.29, 0.717) is 6.04 Å². The molecule has 3 nitrogen and oxygen atoms in total. The Morgan fingerprint density at radius 3 is 2.29 bits per heavy atom. The summed E-state index contributed by atoms with van der Waals surface area (Å²) in [5.41, 5.74) is 1.25. The average molecular weight is 237 g/mol. The van der Waals surface area contributed by atoms with E-state index in [1.54, 1.807) is 7.11 Å². The lowest BCUT2D eigenvalue weighted by Crippen LogP contribution is -2.29. The van der Waals surface area contributed by atoms with Crippen LogP contribution in [0.15, 0.2) is 24.3 Å². The van der Waals surface area contributed by atoms with Gasteiger partial charge in [-0.25, -0.2) is 0 Å². The minimum absolute atomic E-state index is 0.223. The van der Waals surface area contributed by atoms with Crippen LogP contribution in [0.2, 0.25) is 0 Å². The second-order valence-corrected chi connectivity index (χ2v) is 4.55. The minimum Gasteiger partial charge on any atom is -0.491 e. The third-order valence-corrected chi connectivity index (χ3v) is 2.37. The summed E-state index contributed by atoms with van der Waals surface area (Å²) in [5, 5.41) is 3.39. The molecule has 0 bridgehead atoms. The highest BCUT2D eigenvalue weighted by Gasteiger charge is 2.01. The normalized spacial score (nSPS) is 12.8. The predicted molar refractivity (Wildman–Crippen MR) is 70.4 cm³/mol. The lowest BCUT2D eigenvalue weighted by atomic mass is 10.2. The molecule has 0 aliphatic carbocycles. The van der Waals surface area contributed by atoms with Gasteiger partial charge in [0, 0.05) is 19.7 Å². The fourth-order valence-corrected chi connectivity index (χ4v) is 1.56. The van der Waals surface area contributed by atoms with Gasteiger partial charge in [0.2, 0.25) is 0 Å². The van der Waals surface area contributed by atoms with E-state index in [-0.39, 0.29) is 6.10 Å². The van der Waals surface area contributed by atoms with E-state index < -0.39 is 0 Å². The standard InChI is InChI=1S/C14H23NO2/c1-11(2)17-14-7-5-13(6-8-14)9-15-12(3)10-16-4/h5-8,11-12,15H,9-10H2,1-4H3. The lowest BCUT2D eigenvalue weighted by molar-refractivity contribution is 0.171. The lowest BCUT2D eigenvalue weighted by Gasteiger charge is -2.13. The third-order valence-electron chi connectivity index (χ3n) is 2.37. The van der Waals surface area contributed by atoms with E-state index in [2.05, 4.69) is 24.4 Å². The maximum Gasteiger partial charge on any atom is 0.119 e. The zero-order chi connectivity index (χ0) is 12.7. The molecular weight excluding hydrogens is 214 g/mol. The molecular formula is C14H23NO2. The molecule has 0 aromatic heterocycles. The van der Waals surface area contributed by atoms with Crippen molar-refractivity contribution in [3.63, 3.8) is 0 Å². The Morgan fingerprint density at radius 2 is 1.76 bits per heavy atom. The van der Waals surface area contributed by atoms with Crippen molar-refractivity contribution < 1.29 is 9.47 Å². The molecule has 1 aromatic rings. The van der Waals surface area contributed by atoms with Crippen LogP contribution in [0.1, 0.15) is 26.3 Å². The first-order chi connectivity index (χ1) is 8.11. The molecule has 96 valence electrons. The SMILES string of the molecule is COCC(C)NCc1ccc(OC(C)C)cc1. The molecule has 3 heteroatoms. The van der Waals surface area contributed by atoms with Crippen LogP contribution in [0.25, 0.3) is 0 Å². The van der Waals surface area contributed by atoms with Crippen molar-refractivity contribution in [2.24, 2.45) is 0 Å². The van der Waals surface area contributed by atoms with E-state index in [9.17, 15) is 0 Å². The Labute approximate surface area is 104 Å². The summed E-state index contributed by atoms with van der Waals surface area (Å²) in [6, 6.07) is 8.57. The Balaban J connectivity index is 2.40. The Kier molecular flexibility index (Phi) is 6.01. The smallest absolute Gasteiger partial charge is 0.119 e. The van der Waals surface area contributed by atoms with Gasteiger partial charge in [0.15, 0.2) is 0 Å². The van der Waals surface area contributed by atoms with Gasteiger partial charge in [-0.05, 0) is 38.5 Å². The number of hydrogen-bond donors (Lipinski definition) is 1. The second-order valence-electron chi connectivity index (χ2n) is 4.55. The van der Waals surface area contributed by atoms with E-state index >= 15 is 0 Å². The Bertz CT molecular complexity index is 309. The number of rotatable bonds is 7. The Hall–Kier alpha value is -1.06. The van der Waals surface area contributed by atoms with Crippen LogP contribution in [0.4, 0.5) is 0 Å². The van der Waals surface area contributed by atoms with Gasteiger partial charge in [0.25, 0.3) is 0 Å². The summed E-state index contributed by atoms with van der Waals surface area (Å²) in [4.78, 5) is 0. The van der Waals surface area contributed by atoms with Gasteiger partial charge in [0.05, 0.1) is 12.7 Å². The molecule has 0 saturated heterocycles. The zero-order valence-corrected chi connectivity index (χ0v) is 11.2. The molecule has 0 radical (unpaired) electrons. The summed E-state index contributed by atoms with van der Waals surface area (Å²) in [7, 11) is 1.72. The number of hydrogen-bond acceptors (Lipinski definition) is 3. The topological polar surface area (TPSA) is 30.5 Å². The molecule has 0 fully saturated rings. The predicted octanol–water partition coefficient (Wildman–Crippen LogP) is 2.60. The molecule has 1 atom stereocenters. The van der Waals surface area contributed by atoms with Gasteiger partial charge in [0.1, 0.15) is 5.75 Å². The van der Waals surface area contributed by atoms with Gasteiger partial charge >= 0.3 is 0 Å². The van der Waals surface area contributed by atoms with Crippen molar-refractivity contribution in [3.05, 3.63) is 29.8 Å². The van der Waals surface area contributed by atoms with Gasteiger partial charge < -0.3 is 14.8 Å². The quantitative estimate of drug-likeness (QED) is 0.790. The molecule has 17 heavy (non-hydrogen) atoms. The van der Waals surface area contributed by atoms with Crippen LogP contribution >= 0.6 is 0 Å². The molecule has 1 N–H and O–H groups in total. The summed E-state index contributed by atoms with van der Waals surface area (Å²) >= 11 is 0. The molecule has 0 saturated carbocycles. The van der Waals surface area contributed by atoms with Gasteiger partial charge in [-0.1, -0.05) is 12.1 Å². The largest absolute Gasteiger partial charge is 0.491 e. The number of nitrogens with one attached hydrogen (secondary N) is 1. The van der Waals surface area contributed by atoms with Gasteiger partial charge in [-0.3, -0.25) is 0 Å². The molecule has 0 amide bonds. The Morgan fingerprint density at radius 1 is 1.12 bits per heavy atom. The van der Waals surface area contributed by atoms with Crippen LogP contribution in [0.5, 0.6) is 5.75 Å². The van der Waals surface area contributed by atoms with E-state index in [1.165, 1.54) is 5.56 Å². The maximum atomic E-state index is 5.59. The van der Waals surface area contributed by atoms with Crippen LogP contribution < -0.4 is 10.1 Å². The average Bonchev–Trinajstić information content (AvgIpc) is 2.28. The van der Waals surface area contributed by atoms with Crippen LogP contribution in [-0.4, -0.2) is 25.9 Å². The monoisotopic (exact) mass is 237 g/mol. The first kappa shape index (κ1) is 14.0. The van der Waals surface area contributed by atoms with Crippen LogP contribution in [0, 0.1) is 0 Å². The molecule has 1 rings (SSSR count). The fourth-order valence-electron chi connectivity index (χ4n) is 1.56. The zero-order valence-electron chi connectivity index (χ0n) is 11.2. The van der Waals surface area contributed by atoms with Gasteiger partial charge in [-0.2, -0.15) is 0 Å². The van der Waals surface area contributed by atoms with Crippen molar-refractivity contribution in [2.75, 3.05) is 13.7 Å². The van der Waals surface area contributed by atoms with Crippen molar-refractivity contribution >= 4 is 0 Å². The summed E-state index contributed by atoms with van der Waals surface area (Å²) < 4.78 is 10.7. The molecule has 0 aliphatic heterocycles. The highest BCUT2D eigenvalue weighted by Crippen LogP contribution is 2.13. The summed E-state index contributed by atoms with van der Waals surface area (Å²) in [5.74, 6) is 0.925. The van der Waals surface area contributed by atoms with Crippen molar-refractivity contribution in [2.45, 2.75) is 39.5 Å². The minimum atomic E-state index is 0.223. The summed E-state index contributed by atoms with van der Waals surface area (Å²) in [6.45, 7) is 7.75. The number of methoxy groups -OCH3 is 1. The molecule has 0 aliphatic rings. The molecule has 1 unspecified atom stereocenters.